The van der Waals surface area contributed by atoms with Crippen molar-refractivity contribution in [1.82, 2.24) is 0 Å². The van der Waals surface area contributed by atoms with Crippen molar-refractivity contribution < 1.29 is 9.78 Å². The van der Waals surface area contributed by atoms with E-state index < -0.39 is 0 Å². The fourth-order valence-electron chi connectivity index (χ4n) is 1.51. The summed E-state index contributed by atoms with van der Waals surface area (Å²) in [6.45, 7) is 0.415. The molecule has 0 N–H and O–H groups in total. The van der Waals surface area contributed by atoms with E-state index in [9.17, 15) is 0 Å². The van der Waals surface area contributed by atoms with E-state index in [1.807, 2.05) is 6.07 Å². The van der Waals surface area contributed by atoms with Gasteiger partial charge in [0, 0.05) is 15.6 Å². The zero-order valence-corrected chi connectivity index (χ0v) is 13.2. The maximum absolute atomic E-state index is 6.03. The van der Waals surface area contributed by atoms with Crippen molar-refractivity contribution in [2.24, 2.45) is 0 Å². The van der Waals surface area contributed by atoms with Crippen LogP contribution in [-0.4, -0.2) is 0 Å². The topological polar surface area (TPSA) is 18.5 Å². The molecule has 6 heteroatoms. The highest BCUT2D eigenvalue weighted by Gasteiger charge is 2.06. The van der Waals surface area contributed by atoms with E-state index in [-0.39, 0.29) is 13.2 Å². The van der Waals surface area contributed by atoms with Crippen LogP contribution in [-0.2, 0) is 23.0 Å². The largest absolute Gasteiger partial charge is 0.232 e. The third-order valence-corrected chi connectivity index (χ3v) is 4.00. The van der Waals surface area contributed by atoms with Crippen LogP contribution < -0.4 is 0 Å². The van der Waals surface area contributed by atoms with Gasteiger partial charge in [-0.15, -0.1) is 0 Å². The van der Waals surface area contributed by atoms with Gasteiger partial charge in [-0.2, -0.15) is 0 Å². The molecule has 0 aliphatic heterocycles. The van der Waals surface area contributed by atoms with Crippen molar-refractivity contribution in [3.05, 3.63) is 67.6 Å². The summed E-state index contributed by atoms with van der Waals surface area (Å²) in [5.41, 5.74) is 1.54. The maximum Gasteiger partial charge on any atom is 0.109 e. The van der Waals surface area contributed by atoms with Crippen LogP contribution in [0.15, 0.2) is 36.4 Å². The second-order valence-corrected chi connectivity index (χ2v) is 5.60. The molecule has 0 bridgehead atoms. The summed E-state index contributed by atoms with van der Waals surface area (Å²) in [4.78, 5) is 10.2. The maximum atomic E-state index is 6.03. The lowest BCUT2D eigenvalue weighted by Gasteiger charge is -2.08. The average molecular weight is 352 g/mol. The number of benzene rings is 2. The van der Waals surface area contributed by atoms with Crippen molar-refractivity contribution in [3.8, 4) is 0 Å². The predicted molar refractivity (Wildman–Crippen MR) is 82.5 cm³/mol. The first-order valence-corrected chi connectivity index (χ1v) is 7.20. The Morgan fingerprint density at radius 1 is 0.750 bits per heavy atom. The molecule has 0 unspecified atom stereocenters. The lowest BCUT2D eigenvalue weighted by molar-refractivity contribution is -0.313. The van der Waals surface area contributed by atoms with Gasteiger partial charge in [-0.05, 0) is 23.8 Å². The van der Waals surface area contributed by atoms with Gasteiger partial charge in [0.25, 0.3) is 0 Å². The first-order chi connectivity index (χ1) is 9.58. The Morgan fingerprint density at radius 3 is 2.15 bits per heavy atom. The minimum atomic E-state index is 0.199. The normalized spacial score (nSPS) is 10.8. The van der Waals surface area contributed by atoms with Crippen molar-refractivity contribution in [1.29, 1.82) is 0 Å². The van der Waals surface area contributed by atoms with E-state index in [1.165, 1.54) is 0 Å². The van der Waals surface area contributed by atoms with Crippen LogP contribution in [0, 0.1) is 0 Å². The Hall–Kier alpha value is -0.480. The summed E-state index contributed by atoms with van der Waals surface area (Å²) < 4.78 is 0. The second-order valence-electron chi connectivity index (χ2n) is 3.97. The molecule has 0 saturated carbocycles. The summed E-state index contributed by atoms with van der Waals surface area (Å²) in [5.74, 6) is 0. The summed E-state index contributed by atoms with van der Waals surface area (Å²) in [6.07, 6.45) is 0. The van der Waals surface area contributed by atoms with Crippen LogP contribution in [0.4, 0.5) is 0 Å². The van der Waals surface area contributed by atoms with Crippen molar-refractivity contribution in [2.45, 2.75) is 13.2 Å². The molecule has 20 heavy (non-hydrogen) atoms. The third kappa shape index (κ3) is 4.26. The number of hydrogen-bond acceptors (Lipinski definition) is 2. The van der Waals surface area contributed by atoms with Gasteiger partial charge in [-0.25, -0.2) is 9.78 Å². The van der Waals surface area contributed by atoms with Gasteiger partial charge in [0.05, 0.1) is 10.0 Å². The molecule has 0 amide bonds. The van der Waals surface area contributed by atoms with E-state index in [4.69, 9.17) is 56.2 Å². The first-order valence-electron chi connectivity index (χ1n) is 5.69. The summed E-state index contributed by atoms with van der Waals surface area (Å²) >= 11 is 23.7. The minimum Gasteiger partial charge on any atom is -0.232 e. The Balaban J connectivity index is 1.86. The molecule has 0 aromatic heterocycles. The van der Waals surface area contributed by atoms with E-state index >= 15 is 0 Å². The average Bonchev–Trinajstić information content (AvgIpc) is 2.41. The monoisotopic (exact) mass is 350 g/mol. The minimum absolute atomic E-state index is 0.199. The molecule has 0 aliphatic rings. The Labute approximate surface area is 137 Å². The summed E-state index contributed by atoms with van der Waals surface area (Å²) in [6, 6.07) is 10.5. The van der Waals surface area contributed by atoms with Crippen LogP contribution in [0.5, 0.6) is 0 Å². The smallest absolute Gasteiger partial charge is 0.109 e. The van der Waals surface area contributed by atoms with Gasteiger partial charge in [-0.3, -0.25) is 0 Å². The first kappa shape index (κ1) is 15.9. The number of rotatable bonds is 5. The fraction of sp³-hybridized carbons (Fsp3) is 0.143. The fourth-order valence-corrected chi connectivity index (χ4v) is 2.35. The van der Waals surface area contributed by atoms with Crippen molar-refractivity contribution >= 4 is 46.4 Å². The lowest BCUT2D eigenvalue weighted by Crippen LogP contribution is -1.97. The molecule has 2 rings (SSSR count). The summed E-state index contributed by atoms with van der Waals surface area (Å²) in [5, 5.41) is 2.04. The molecule has 0 heterocycles. The van der Waals surface area contributed by atoms with Gasteiger partial charge in [0.1, 0.15) is 13.2 Å². The molecular formula is C14H10Cl4O2. The highest BCUT2D eigenvalue weighted by molar-refractivity contribution is 6.42. The van der Waals surface area contributed by atoms with Gasteiger partial charge < -0.3 is 0 Å². The van der Waals surface area contributed by atoms with Gasteiger partial charge in [0.2, 0.25) is 0 Å². The molecule has 2 aromatic rings. The van der Waals surface area contributed by atoms with Crippen molar-refractivity contribution in [2.75, 3.05) is 0 Å². The Bertz CT molecular complexity index is 602. The van der Waals surface area contributed by atoms with Gasteiger partial charge in [0.15, 0.2) is 0 Å². The molecule has 0 atom stereocenters. The molecule has 0 radical (unpaired) electrons. The number of halogens is 4. The van der Waals surface area contributed by atoms with Crippen LogP contribution >= 0.6 is 46.4 Å². The standard InChI is InChI=1S/C14H10Cl4O2/c15-11-5-4-9(13(17)6-11)7-19-20-8-10-2-1-3-12(16)14(10)18/h1-6H,7-8H2. The highest BCUT2D eigenvalue weighted by Crippen LogP contribution is 2.26. The molecule has 2 nitrogen and oxygen atoms in total. The van der Waals surface area contributed by atoms with E-state index in [1.54, 1.807) is 30.3 Å². The molecular weight excluding hydrogens is 342 g/mol. The van der Waals surface area contributed by atoms with Crippen molar-refractivity contribution in [3.63, 3.8) is 0 Å². The Kier molecular flexibility index (Phi) is 5.97. The zero-order valence-electron chi connectivity index (χ0n) is 10.2. The lowest BCUT2D eigenvalue weighted by atomic mass is 10.2. The molecule has 0 aliphatic carbocycles. The van der Waals surface area contributed by atoms with Gasteiger partial charge >= 0.3 is 0 Å². The third-order valence-electron chi connectivity index (χ3n) is 2.56. The van der Waals surface area contributed by atoms with Crippen LogP contribution in [0.3, 0.4) is 0 Å². The van der Waals surface area contributed by atoms with Crippen LogP contribution in [0.2, 0.25) is 20.1 Å². The van der Waals surface area contributed by atoms with E-state index in [0.717, 1.165) is 11.1 Å². The molecule has 0 spiro atoms. The molecule has 0 fully saturated rings. The Morgan fingerprint density at radius 2 is 1.45 bits per heavy atom. The highest BCUT2D eigenvalue weighted by atomic mass is 35.5. The molecule has 0 saturated heterocycles. The van der Waals surface area contributed by atoms with Crippen LogP contribution in [0.25, 0.3) is 0 Å². The summed E-state index contributed by atoms with van der Waals surface area (Å²) in [7, 11) is 0. The molecule has 106 valence electrons. The second kappa shape index (κ2) is 7.51. The SMILES string of the molecule is Clc1ccc(COOCc2cccc(Cl)c2Cl)c(Cl)c1. The van der Waals surface area contributed by atoms with E-state index in [2.05, 4.69) is 0 Å². The van der Waals surface area contributed by atoms with Crippen LogP contribution in [0.1, 0.15) is 11.1 Å². The van der Waals surface area contributed by atoms with Gasteiger partial charge in [-0.1, -0.05) is 64.6 Å². The zero-order chi connectivity index (χ0) is 14.5. The quantitative estimate of drug-likeness (QED) is 0.376. The van der Waals surface area contributed by atoms with E-state index in [0.29, 0.717) is 20.1 Å². The molecule has 2 aromatic carbocycles. The predicted octanol–water partition coefficient (Wildman–Crippen LogP) is 5.95. The number of hydrogen-bond donors (Lipinski definition) is 0.